The summed E-state index contributed by atoms with van der Waals surface area (Å²) in [6.45, 7) is 1.28. The van der Waals surface area contributed by atoms with Crippen LogP contribution in [0.1, 0.15) is 23.2 Å². The number of piperidine rings is 1. The van der Waals surface area contributed by atoms with E-state index in [4.69, 9.17) is 5.73 Å². The molecule has 0 aliphatic carbocycles. The van der Waals surface area contributed by atoms with Gasteiger partial charge in [-0.2, -0.15) is 0 Å². The number of anilines is 1. The molecule has 0 amide bonds. The van der Waals surface area contributed by atoms with Crippen molar-refractivity contribution in [2.24, 2.45) is 5.73 Å². The lowest BCUT2D eigenvalue weighted by Gasteiger charge is -2.33. The van der Waals surface area contributed by atoms with Gasteiger partial charge in [0, 0.05) is 31.3 Å². The standard InChI is InChI=1S/C12H15N3O4/c13-8-2-1-5-14(7-8)11-4-3-9(15(18)19)6-10(11)12(16)17/h3-4,6,8H,1-2,5,7,13H2,(H,16,17). The van der Waals surface area contributed by atoms with Crippen molar-refractivity contribution in [2.45, 2.75) is 18.9 Å². The molecule has 1 heterocycles. The van der Waals surface area contributed by atoms with Gasteiger partial charge in [0.2, 0.25) is 0 Å². The van der Waals surface area contributed by atoms with Gasteiger partial charge in [-0.05, 0) is 18.9 Å². The molecule has 0 saturated carbocycles. The number of carboxylic acids is 1. The van der Waals surface area contributed by atoms with Crippen LogP contribution in [0.4, 0.5) is 11.4 Å². The predicted octanol–water partition coefficient (Wildman–Crippen LogP) is 1.22. The van der Waals surface area contributed by atoms with Crippen molar-refractivity contribution in [3.05, 3.63) is 33.9 Å². The summed E-state index contributed by atoms with van der Waals surface area (Å²) in [6.07, 6.45) is 1.79. The zero-order valence-electron chi connectivity index (χ0n) is 10.3. The highest BCUT2D eigenvalue weighted by Gasteiger charge is 2.23. The van der Waals surface area contributed by atoms with Gasteiger partial charge < -0.3 is 15.7 Å². The second-order valence-corrected chi connectivity index (χ2v) is 4.61. The summed E-state index contributed by atoms with van der Waals surface area (Å²) >= 11 is 0. The first kappa shape index (κ1) is 13.3. The maximum Gasteiger partial charge on any atom is 0.338 e. The molecule has 1 aromatic rings. The highest BCUT2D eigenvalue weighted by atomic mass is 16.6. The predicted molar refractivity (Wildman–Crippen MR) is 69.5 cm³/mol. The van der Waals surface area contributed by atoms with Crippen molar-refractivity contribution in [3.63, 3.8) is 0 Å². The number of carbonyl (C=O) groups is 1. The normalized spacial score (nSPS) is 19.2. The summed E-state index contributed by atoms with van der Waals surface area (Å²) < 4.78 is 0. The van der Waals surface area contributed by atoms with Gasteiger partial charge in [-0.1, -0.05) is 0 Å². The Morgan fingerprint density at radius 2 is 2.26 bits per heavy atom. The molecule has 1 aromatic carbocycles. The number of nitro groups is 1. The van der Waals surface area contributed by atoms with Crippen LogP contribution in [-0.2, 0) is 0 Å². The number of hydrogen-bond acceptors (Lipinski definition) is 5. The fraction of sp³-hybridized carbons (Fsp3) is 0.417. The largest absolute Gasteiger partial charge is 0.478 e. The maximum absolute atomic E-state index is 11.2. The minimum absolute atomic E-state index is 0.00517. The third-order valence-electron chi connectivity index (χ3n) is 3.22. The van der Waals surface area contributed by atoms with E-state index in [1.165, 1.54) is 12.1 Å². The van der Waals surface area contributed by atoms with Crippen LogP contribution in [0.15, 0.2) is 18.2 Å². The van der Waals surface area contributed by atoms with E-state index in [9.17, 15) is 20.0 Å². The number of hydrogen-bond donors (Lipinski definition) is 2. The maximum atomic E-state index is 11.2. The van der Waals surface area contributed by atoms with Crippen molar-refractivity contribution < 1.29 is 14.8 Å². The van der Waals surface area contributed by atoms with Crippen molar-refractivity contribution in [1.29, 1.82) is 0 Å². The summed E-state index contributed by atoms with van der Waals surface area (Å²) in [5.41, 5.74) is 6.09. The number of rotatable bonds is 3. The molecule has 1 unspecified atom stereocenters. The van der Waals surface area contributed by atoms with Crippen molar-refractivity contribution in [3.8, 4) is 0 Å². The lowest BCUT2D eigenvalue weighted by atomic mass is 10.0. The van der Waals surface area contributed by atoms with Gasteiger partial charge in [0.15, 0.2) is 0 Å². The van der Waals surface area contributed by atoms with E-state index in [1.807, 2.05) is 4.90 Å². The lowest BCUT2D eigenvalue weighted by molar-refractivity contribution is -0.384. The molecule has 7 nitrogen and oxygen atoms in total. The summed E-state index contributed by atoms with van der Waals surface area (Å²) in [4.78, 5) is 23.2. The molecule has 102 valence electrons. The van der Waals surface area contributed by atoms with E-state index < -0.39 is 10.9 Å². The average Bonchev–Trinajstić information content (AvgIpc) is 2.37. The Morgan fingerprint density at radius 1 is 1.53 bits per heavy atom. The van der Waals surface area contributed by atoms with Crippen LogP contribution in [0, 0.1) is 10.1 Å². The molecule has 0 aromatic heterocycles. The number of nitro benzene ring substituents is 1. The lowest BCUT2D eigenvalue weighted by Crippen LogP contribution is -2.43. The van der Waals surface area contributed by atoms with Gasteiger partial charge >= 0.3 is 5.97 Å². The van der Waals surface area contributed by atoms with Gasteiger partial charge in [0.25, 0.3) is 5.69 Å². The SMILES string of the molecule is NC1CCCN(c2ccc([N+](=O)[O-])cc2C(=O)O)C1. The van der Waals surface area contributed by atoms with E-state index >= 15 is 0 Å². The molecule has 1 atom stereocenters. The van der Waals surface area contributed by atoms with Crippen LogP contribution >= 0.6 is 0 Å². The Kier molecular flexibility index (Phi) is 3.66. The second-order valence-electron chi connectivity index (χ2n) is 4.61. The van der Waals surface area contributed by atoms with E-state index in [1.54, 1.807) is 0 Å². The fourth-order valence-electron chi connectivity index (χ4n) is 2.31. The number of nitrogens with two attached hydrogens (primary N) is 1. The van der Waals surface area contributed by atoms with Crippen LogP contribution in [-0.4, -0.2) is 35.1 Å². The molecule has 0 spiro atoms. The zero-order chi connectivity index (χ0) is 14.0. The van der Waals surface area contributed by atoms with E-state index in [-0.39, 0.29) is 17.3 Å². The molecule has 7 heteroatoms. The van der Waals surface area contributed by atoms with E-state index in [0.29, 0.717) is 18.8 Å². The molecule has 19 heavy (non-hydrogen) atoms. The van der Waals surface area contributed by atoms with Gasteiger partial charge in [0.1, 0.15) is 0 Å². The van der Waals surface area contributed by atoms with Crippen LogP contribution in [0.25, 0.3) is 0 Å². The molecule has 1 aliphatic rings. The highest BCUT2D eigenvalue weighted by molar-refractivity contribution is 5.95. The Morgan fingerprint density at radius 3 is 2.84 bits per heavy atom. The first-order valence-electron chi connectivity index (χ1n) is 6.01. The fourth-order valence-corrected chi connectivity index (χ4v) is 2.31. The summed E-state index contributed by atoms with van der Waals surface area (Å²) in [7, 11) is 0. The van der Waals surface area contributed by atoms with Crippen molar-refractivity contribution >= 4 is 17.3 Å². The Bertz CT molecular complexity index is 518. The molecule has 1 fully saturated rings. The molecule has 0 bridgehead atoms. The molecule has 1 saturated heterocycles. The van der Waals surface area contributed by atoms with Gasteiger partial charge in [-0.15, -0.1) is 0 Å². The minimum Gasteiger partial charge on any atom is -0.478 e. The van der Waals surface area contributed by atoms with Gasteiger partial charge in [-0.3, -0.25) is 10.1 Å². The molecule has 0 radical (unpaired) electrons. The van der Waals surface area contributed by atoms with Crippen molar-refractivity contribution in [1.82, 2.24) is 0 Å². The quantitative estimate of drug-likeness (QED) is 0.628. The number of benzene rings is 1. The van der Waals surface area contributed by atoms with E-state index in [2.05, 4.69) is 0 Å². The summed E-state index contributed by atoms with van der Waals surface area (Å²) in [5.74, 6) is -1.17. The number of non-ortho nitro benzene ring substituents is 1. The molecular weight excluding hydrogens is 250 g/mol. The van der Waals surface area contributed by atoms with Crippen LogP contribution in [0.5, 0.6) is 0 Å². The Balaban J connectivity index is 2.38. The number of carboxylic acid groups (broad SMARTS) is 1. The smallest absolute Gasteiger partial charge is 0.338 e. The minimum atomic E-state index is -1.17. The topological polar surface area (TPSA) is 110 Å². The average molecular weight is 265 g/mol. The van der Waals surface area contributed by atoms with Crippen LogP contribution < -0.4 is 10.6 Å². The second kappa shape index (κ2) is 5.23. The zero-order valence-corrected chi connectivity index (χ0v) is 10.3. The molecule has 2 rings (SSSR count). The number of aromatic carboxylic acids is 1. The monoisotopic (exact) mass is 265 g/mol. The van der Waals surface area contributed by atoms with Crippen LogP contribution in [0.2, 0.25) is 0 Å². The van der Waals surface area contributed by atoms with Gasteiger partial charge in [0.05, 0.1) is 16.2 Å². The van der Waals surface area contributed by atoms with Gasteiger partial charge in [-0.25, -0.2) is 4.79 Å². The summed E-state index contributed by atoms with van der Waals surface area (Å²) in [5, 5.41) is 19.9. The first-order valence-corrected chi connectivity index (χ1v) is 6.01. The van der Waals surface area contributed by atoms with E-state index in [0.717, 1.165) is 18.9 Å². The van der Waals surface area contributed by atoms with Crippen LogP contribution in [0.3, 0.4) is 0 Å². The highest BCUT2D eigenvalue weighted by Crippen LogP contribution is 2.27. The first-order chi connectivity index (χ1) is 8.99. The molecular formula is C12H15N3O4. The molecule has 1 aliphatic heterocycles. The summed E-state index contributed by atoms with van der Waals surface area (Å²) in [6, 6.07) is 3.91. The Labute approximate surface area is 109 Å². The molecule has 3 N–H and O–H groups in total. The third kappa shape index (κ3) is 2.82. The Hall–Kier alpha value is -2.15. The number of nitrogens with zero attached hydrogens (tertiary/aromatic N) is 2. The van der Waals surface area contributed by atoms with Crippen molar-refractivity contribution in [2.75, 3.05) is 18.0 Å². The third-order valence-corrected chi connectivity index (χ3v) is 3.22.